The number of oxime groups is 1. The van der Waals surface area contributed by atoms with Crippen molar-refractivity contribution in [2.45, 2.75) is 19.8 Å². The van der Waals surface area contributed by atoms with E-state index in [0.717, 1.165) is 5.56 Å². The Labute approximate surface area is 105 Å². The maximum Gasteiger partial charge on any atom is 0.364 e. The number of aryl methyl sites for hydroxylation is 1. The lowest BCUT2D eigenvalue weighted by Crippen LogP contribution is -2.26. The molecule has 1 aromatic rings. The molecule has 0 aliphatic heterocycles. The Morgan fingerprint density at radius 3 is 2.50 bits per heavy atom. The summed E-state index contributed by atoms with van der Waals surface area (Å²) in [4.78, 5) is 23.0. The van der Waals surface area contributed by atoms with Crippen molar-refractivity contribution in [3.05, 3.63) is 35.9 Å². The van der Waals surface area contributed by atoms with Crippen LogP contribution in [0.15, 0.2) is 35.5 Å². The molecule has 0 unspecified atom stereocenters. The molecule has 0 amide bonds. The van der Waals surface area contributed by atoms with E-state index in [-0.39, 0.29) is 13.0 Å². The standard InChI is InChI=1S/C13H15NO4/c1-2-18-13(16)12(14-17)11(15)9-8-10-6-4-3-5-7-10/h3-7,17H,2,8-9H2,1H3. The van der Waals surface area contributed by atoms with E-state index in [4.69, 9.17) is 5.21 Å². The Kier molecular flexibility index (Phi) is 5.57. The molecule has 5 nitrogen and oxygen atoms in total. The molecule has 0 aliphatic rings. The first-order valence-electron chi connectivity index (χ1n) is 5.65. The van der Waals surface area contributed by atoms with Crippen molar-refractivity contribution in [1.29, 1.82) is 0 Å². The van der Waals surface area contributed by atoms with Crippen molar-refractivity contribution in [1.82, 2.24) is 0 Å². The largest absolute Gasteiger partial charge is 0.461 e. The summed E-state index contributed by atoms with van der Waals surface area (Å²) in [7, 11) is 0. The predicted molar refractivity (Wildman–Crippen MR) is 65.6 cm³/mol. The van der Waals surface area contributed by atoms with Gasteiger partial charge in [0.05, 0.1) is 6.61 Å². The Morgan fingerprint density at radius 1 is 1.28 bits per heavy atom. The zero-order chi connectivity index (χ0) is 13.4. The molecule has 1 aromatic carbocycles. The minimum absolute atomic E-state index is 0.0994. The van der Waals surface area contributed by atoms with Gasteiger partial charge >= 0.3 is 5.97 Å². The fourth-order valence-electron chi connectivity index (χ4n) is 1.43. The molecule has 0 aromatic heterocycles. The van der Waals surface area contributed by atoms with E-state index in [1.807, 2.05) is 30.3 Å². The van der Waals surface area contributed by atoms with E-state index in [1.54, 1.807) is 6.92 Å². The molecular formula is C13H15NO4. The van der Waals surface area contributed by atoms with Crippen LogP contribution in [0.4, 0.5) is 0 Å². The fourth-order valence-corrected chi connectivity index (χ4v) is 1.43. The maximum atomic E-state index is 11.7. The van der Waals surface area contributed by atoms with Crippen LogP contribution in [0, 0.1) is 0 Å². The Bertz CT molecular complexity index is 440. The van der Waals surface area contributed by atoms with Crippen molar-refractivity contribution < 1.29 is 19.5 Å². The van der Waals surface area contributed by atoms with E-state index in [2.05, 4.69) is 9.89 Å². The molecule has 0 radical (unpaired) electrons. The lowest BCUT2D eigenvalue weighted by atomic mass is 10.1. The highest BCUT2D eigenvalue weighted by atomic mass is 16.5. The zero-order valence-electron chi connectivity index (χ0n) is 10.1. The van der Waals surface area contributed by atoms with Crippen molar-refractivity contribution in [2.75, 3.05) is 6.61 Å². The highest BCUT2D eigenvalue weighted by Gasteiger charge is 2.21. The smallest absolute Gasteiger partial charge is 0.364 e. The predicted octanol–water partition coefficient (Wildman–Crippen LogP) is 1.58. The molecule has 0 bridgehead atoms. The summed E-state index contributed by atoms with van der Waals surface area (Å²) >= 11 is 0. The second kappa shape index (κ2) is 7.21. The summed E-state index contributed by atoms with van der Waals surface area (Å²) in [5, 5.41) is 11.4. The number of rotatable bonds is 6. The number of nitrogens with zero attached hydrogens (tertiary/aromatic N) is 1. The van der Waals surface area contributed by atoms with Gasteiger partial charge in [0.25, 0.3) is 0 Å². The lowest BCUT2D eigenvalue weighted by molar-refractivity contribution is -0.136. The van der Waals surface area contributed by atoms with Gasteiger partial charge in [-0.05, 0) is 18.9 Å². The van der Waals surface area contributed by atoms with Gasteiger partial charge in [-0.15, -0.1) is 0 Å². The lowest BCUT2D eigenvalue weighted by Gasteiger charge is -2.03. The van der Waals surface area contributed by atoms with Gasteiger partial charge < -0.3 is 9.94 Å². The summed E-state index contributed by atoms with van der Waals surface area (Å²) < 4.78 is 4.62. The van der Waals surface area contributed by atoms with Crippen LogP contribution in [-0.2, 0) is 20.7 Å². The van der Waals surface area contributed by atoms with Crippen LogP contribution in [0.1, 0.15) is 18.9 Å². The molecule has 0 fully saturated rings. The Hall–Kier alpha value is -2.17. The van der Waals surface area contributed by atoms with E-state index < -0.39 is 17.5 Å². The molecule has 1 N–H and O–H groups in total. The van der Waals surface area contributed by atoms with Crippen LogP contribution >= 0.6 is 0 Å². The normalized spacial score (nSPS) is 11.1. The molecule has 5 heteroatoms. The second-order valence-corrected chi connectivity index (χ2v) is 3.58. The van der Waals surface area contributed by atoms with Gasteiger partial charge in [0.2, 0.25) is 5.71 Å². The number of ketones is 1. The van der Waals surface area contributed by atoms with Crippen molar-refractivity contribution >= 4 is 17.5 Å². The monoisotopic (exact) mass is 249 g/mol. The first kappa shape index (κ1) is 13.9. The molecule has 0 atom stereocenters. The Morgan fingerprint density at radius 2 is 1.94 bits per heavy atom. The third kappa shape index (κ3) is 4.01. The average molecular weight is 249 g/mol. The molecule has 0 saturated heterocycles. The molecule has 0 heterocycles. The second-order valence-electron chi connectivity index (χ2n) is 3.58. The zero-order valence-corrected chi connectivity index (χ0v) is 10.1. The third-order valence-corrected chi connectivity index (χ3v) is 2.32. The summed E-state index contributed by atoms with van der Waals surface area (Å²) in [6.07, 6.45) is 0.584. The van der Waals surface area contributed by atoms with Crippen LogP contribution in [-0.4, -0.2) is 29.3 Å². The number of hydrogen-bond donors (Lipinski definition) is 1. The van der Waals surface area contributed by atoms with E-state index in [9.17, 15) is 9.59 Å². The number of benzene rings is 1. The Balaban J connectivity index is 2.56. The van der Waals surface area contributed by atoms with Crippen molar-refractivity contribution in [3.63, 3.8) is 0 Å². The summed E-state index contributed by atoms with van der Waals surface area (Å²) in [6, 6.07) is 9.38. The molecule has 96 valence electrons. The van der Waals surface area contributed by atoms with Gasteiger partial charge in [0.15, 0.2) is 5.78 Å². The highest BCUT2D eigenvalue weighted by Crippen LogP contribution is 2.04. The van der Waals surface area contributed by atoms with Crippen LogP contribution in [0.25, 0.3) is 0 Å². The molecule has 1 rings (SSSR count). The summed E-state index contributed by atoms with van der Waals surface area (Å²) in [5.74, 6) is -1.42. The minimum atomic E-state index is -0.891. The number of carbonyl (C=O) groups excluding carboxylic acids is 2. The van der Waals surface area contributed by atoms with E-state index >= 15 is 0 Å². The maximum absolute atomic E-state index is 11.7. The van der Waals surface area contributed by atoms with Gasteiger partial charge in [0, 0.05) is 6.42 Å². The number of esters is 1. The van der Waals surface area contributed by atoms with Crippen LogP contribution in [0.3, 0.4) is 0 Å². The number of carbonyl (C=O) groups is 2. The van der Waals surface area contributed by atoms with Crippen molar-refractivity contribution in [3.8, 4) is 0 Å². The van der Waals surface area contributed by atoms with E-state index in [1.165, 1.54) is 0 Å². The molecular weight excluding hydrogens is 234 g/mol. The molecule has 0 spiro atoms. The number of Topliss-reactive ketones (excluding diaryl/α,β-unsaturated/α-hetero) is 1. The van der Waals surface area contributed by atoms with Gasteiger partial charge in [-0.25, -0.2) is 4.79 Å². The van der Waals surface area contributed by atoms with Gasteiger partial charge in [-0.3, -0.25) is 4.79 Å². The van der Waals surface area contributed by atoms with Crippen molar-refractivity contribution in [2.24, 2.45) is 5.16 Å². The average Bonchev–Trinajstić information content (AvgIpc) is 2.39. The van der Waals surface area contributed by atoms with Gasteiger partial charge in [-0.1, -0.05) is 35.5 Å². The fraction of sp³-hybridized carbons (Fsp3) is 0.308. The van der Waals surface area contributed by atoms with E-state index in [0.29, 0.717) is 6.42 Å². The molecule has 18 heavy (non-hydrogen) atoms. The van der Waals surface area contributed by atoms with Crippen LogP contribution in [0.2, 0.25) is 0 Å². The third-order valence-electron chi connectivity index (χ3n) is 2.32. The minimum Gasteiger partial charge on any atom is -0.461 e. The van der Waals surface area contributed by atoms with Crippen LogP contribution < -0.4 is 0 Å². The number of ether oxygens (including phenoxy) is 1. The summed E-state index contributed by atoms with van der Waals surface area (Å²) in [5.41, 5.74) is 0.430. The van der Waals surface area contributed by atoms with Gasteiger partial charge in [-0.2, -0.15) is 0 Å². The first-order chi connectivity index (χ1) is 8.69. The molecule has 0 saturated carbocycles. The first-order valence-corrected chi connectivity index (χ1v) is 5.65. The molecule has 0 aliphatic carbocycles. The summed E-state index contributed by atoms with van der Waals surface area (Å²) in [6.45, 7) is 1.74. The highest BCUT2D eigenvalue weighted by molar-refractivity contribution is 6.64. The number of hydrogen-bond acceptors (Lipinski definition) is 5. The van der Waals surface area contributed by atoms with Gasteiger partial charge in [0.1, 0.15) is 0 Å². The van der Waals surface area contributed by atoms with Crippen LogP contribution in [0.5, 0.6) is 0 Å². The SMILES string of the molecule is CCOC(=O)C(=NO)C(=O)CCc1ccccc1. The quantitative estimate of drug-likeness (QED) is 0.273. The topological polar surface area (TPSA) is 76.0 Å².